The Labute approximate surface area is 215 Å². The van der Waals surface area contributed by atoms with Crippen LogP contribution in [0.25, 0.3) is 11.0 Å². The topological polar surface area (TPSA) is 125 Å². The molecule has 0 radical (unpaired) electrons. The number of aromatic nitrogens is 3. The summed E-state index contributed by atoms with van der Waals surface area (Å²) in [6, 6.07) is 9.33. The number of pyridine rings is 3. The van der Waals surface area contributed by atoms with Gasteiger partial charge in [-0.15, -0.1) is 0 Å². The van der Waals surface area contributed by atoms with E-state index in [9.17, 15) is 18.4 Å². The number of benzene rings is 1. The monoisotopic (exact) mass is 521 g/mol. The van der Waals surface area contributed by atoms with Crippen LogP contribution in [0.5, 0.6) is 23.3 Å². The number of carbonyl (C=O) groups excluding carboxylic acids is 2. The predicted molar refractivity (Wildman–Crippen MR) is 132 cm³/mol. The Morgan fingerprint density at radius 2 is 1.58 bits per heavy atom. The SMILES string of the molecule is COc1cc2nccc(Oc3ncc(NC(=O)C4(C(=O)Nc5ccc(F)cc5)CC4)cc3F)c2nc1OC. The van der Waals surface area contributed by atoms with Crippen LogP contribution in [0.15, 0.2) is 54.9 Å². The zero-order chi connectivity index (χ0) is 26.9. The average molecular weight is 521 g/mol. The van der Waals surface area contributed by atoms with E-state index in [4.69, 9.17) is 14.2 Å². The Hall–Kier alpha value is -4.87. The second-order valence-corrected chi connectivity index (χ2v) is 8.49. The van der Waals surface area contributed by atoms with Gasteiger partial charge in [0.1, 0.15) is 16.7 Å². The van der Waals surface area contributed by atoms with Gasteiger partial charge in [0.2, 0.25) is 11.8 Å². The summed E-state index contributed by atoms with van der Waals surface area (Å²) in [5.41, 5.74) is -0.171. The van der Waals surface area contributed by atoms with Gasteiger partial charge in [-0.3, -0.25) is 14.6 Å². The number of hydrogen-bond donors (Lipinski definition) is 2. The molecule has 0 atom stereocenters. The van der Waals surface area contributed by atoms with Crippen LogP contribution >= 0.6 is 0 Å². The Kier molecular flexibility index (Phi) is 6.45. The number of nitrogens with one attached hydrogen (secondary N) is 2. The van der Waals surface area contributed by atoms with E-state index in [2.05, 4.69) is 25.6 Å². The maximum atomic E-state index is 14.9. The summed E-state index contributed by atoms with van der Waals surface area (Å²) in [7, 11) is 2.90. The highest BCUT2D eigenvalue weighted by Gasteiger charge is 2.56. The fraction of sp³-hybridized carbons (Fsp3) is 0.192. The van der Waals surface area contributed by atoms with Crippen LogP contribution in [0, 0.1) is 17.0 Å². The molecule has 1 fully saturated rings. The Morgan fingerprint density at radius 1 is 0.868 bits per heavy atom. The van der Waals surface area contributed by atoms with Gasteiger partial charge >= 0.3 is 0 Å². The van der Waals surface area contributed by atoms with Crippen molar-refractivity contribution < 1.29 is 32.6 Å². The summed E-state index contributed by atoms with van der Waals surface area (Å²) in [6.07, 6.45) is 3.31. The van der Waals surface area contributed by atoms with Crippen molar-refractivity contribution in [2.24, 2.45) is 5.41 Å². The lowest BCUT2D eigenvalue weighted by atomic mass is 10.0. The summed E-state index contributed by atoms with van der Waals surface area (Å²) in [6.45, 7) is 0. The van der Waals surface area contributed by atoms with Crippen LogP contribution in [0.2, 0.25) is 0 Å². The molecule has 38 heavy (non-hydrogen) atoms. The Balaban J connectivity index is 1.31. The largest absolute Gasteiger partial charge is 0.491 e. The van der Waals surface area contributed by atoms with Crippen molar-refractivity contribution in [1.82, 2.24) is 15.0 Å². The van der Waals surface area contributed by atoms with E-state index in [0.717, 1.165) is 6.07 Å². The van der Waals surface area contributed by atoms with E-state index < -0.39 is 28.9 Å². The van der Waals surface area contributed by atoms with Crippen LogP contribution in [0.3, 0.4) is 0 Å². The maximum Gasteiger partial charge on any atom is 0.257 e. The minimum Gasteiger partial charge on any atom is -0.491 e. The van der Waals surface area contributed by atoms with Gasteiger partial charge in [-0.25, -0.2) is 18.7 Å². The highest BCUT2D eigenvalue weighted by molar-refractivity contribution is 6.16. The molecule has 1 aliphatic rings. The lowest BCUT2D eigenvalue weighted by molar-refractivity contribution is -0.131. The van der Waals surface area contributed by atoms with Crippen LogP contribution in [0.1, 0.15) is 12.8 Å². The molecule has 1 aromatic carbocycles. The number of hydrogen-bond acceptors (Lipinski definition) is 8. The normalized spacial score (nSPS) is 13.5. The van der Waals surface area contributed by atoms with Gasteiger partial charge < -0.3 is 24.8 Å². The van der Waals surface area contributed by atoms with Gasteiger partial charge in [0.25, 0.3) is 11.8 Å². The molecule has 0 spiro atoms. The first-order valence-electron chi connectivity index (χ1n) is 11.4. The van der Waals surface area contributed by atoms with Crippen molar-refractivity contribution in [3.63, 3.8) is 0 Å². The number of carbonyl (C=O) groups is 2. The molecule has 12 heteroatoms. The number of nitrogens with zero attached hydrogens (tertiary/aromatic N) is 3. The van der Waals surface area contributed by atoms with Crippen molar-refractivity contribution in [1.29, 1.82) is 0 Å². The van der Waals surface area contributed by atoms with E-state index in [1.807, 2.05) is 0 Å². The van der Waals surface area contributed by atoms with Crippen LogP contribution in [0.4, 0.5) is 20.2 Å². The van der Waals surface area contributed by atoms with Gasteiger partial charge in [-0.05, 0) is 37.1 Å². The molecule has 3 aromatic heterocycles. The summed E-state index contributed by atoms with van der Waals surface area (Å²) in [5.74, 6) is -2.05. The van der Waals surface area contributed by atoms with Crippen molar-refractivity contribution >= 4 is 34.2 Å². The molecule has 3 heterocycles. The maximum absolute atomic E-state index is 14.9. The molecule has 0 unspecified atom stereocenters. The predicted octanol–water partition coefficient (Wildman–Crippen LogP) is 4.47. The number of rotatable bonds is 8. The Morgan fingerprint density at radius 3 is 2.21 bits per heavy atom. The third kappa shape index (κ3) is 4.75. The molecule has 0 aliphatic heterocycles. The van der Waals surface area contributed by atoms with E-state index in [1.54, 1.807) is 6.07 Å². The second kappa shape index (κ2) is 9.88. The highest BCUT2D eigenvalue weighted by Crippen LogP contribution is 2.47. The molecule has 4 aromatic rings. The van der Waals surface area contributed by atoms with Crippen molar-refractivity contribution in [3.05, 3.63) is 66.5 Å². The van der Waals surface area contributed by atoms with Crippen LogP contribution in [-0.2, 0) is 9.59 Å². The van der Waals surface area contributed by atoms with Gasteiger partial charge in [0.15, 0.2) is 17.3 Å². The molecule has 2 amide bonds. The molecule has 2 N–H and O–H groups in total. The van der Waals surface area contributed by atoms with Gasteiger partial charge in [-0.1, -0.05) is 0 Å². The standard InChI is InChI=1S/C26H21F2N5O5/c1-36-20-12-18-21(33-23(20)37-2)19(7-10-29-18)38-22-17(28)11-16(13-30-22)32-25(35)26(8-9-26)24(34)31-15-5-3-14(27)4-6-15/h3-7,10-13H,8-9H2,1-2H3,(H,31,34)(H,32,35). The van der Waals surface area contributed by atoms with E-state index >= 15 is 0 Å². The molecule has 10 nitrogen and oxygen atoms in total. The highest BCUT2D eigenvalue weighted by atomic mass is 19.1. The van der Waals surface area contributed by atoms with E-state index in [1.165, 1.54) is 56.9 Å². The molecular formula is C26H21F2N5O5. The molecule has 0 bridgehead atoms. The minimum absolute atomic E-state index is 0.0461. The first-order chi connectivity index (χ1) is 18.3. The first-order valence-corrected chi connectivity index (χ1v) is 11.4. The molecule has 0 saturated heterocycles. The number of ether oxygens (including phenoxy) is 3. The molecular weight excluding hydrogens is 500 g/mol. The van der Waals surface area contributed by atoms with E-state index in [-0.39, 0.29) is 23.2 Å². The summed E-state index contributed by atoms with van der Waals surface area (Å²) < 4.78 is 44.1. The van der Waals surface area contributed by atoms with E-state index in [0.29, 0.717) is 35.3 Å². The number of methoxy groups -OCH3 is 2. The van der Waals surface area contributed by atoms with Gasteiger partial charge in [-0.2, -0.15) is 0 Å². The third-order valence-electron chi connectivity index (χ3n) is 6.01. The van der Waals surface area contributed by atoms with Crippen molar-refractivity contribution in [3.8, 4) is 23.3 Å². The van der Waals surface area contributed by atoms with Gasteiger partial charge in [0.05, 0.1) is 31.6 Å². The molecule has 1 saturated carbocycles. The van der Waals surface area contributed by atoms with Gasteiger partial charge in [0, 0.05) is 30.1 Å². The molecule has 194 valence electrons. The number of fused-ring (bicyclic) bond motifs is 1. The summed E-state index contributed by atoms with van der Waals surface area (Å²) in [4.78, 5) is 38.1. The minimum atomic E-state index is -1.30. The fourth-order valence-electron chi connectivity index (χ4n) is 3.78. The van der Waals surface area contributed by atoms with Crippen molar-refractivity contribution in [2.75, 3.05) is 24.9 Å². The van der Waals surface area contributed by atoms with Crippen molar-refractivity contribution in [2.45, 2.75) is 12.8 Å². The number of amides is 2. The summed E-state index contributed by atoms with van der Waals surface area (Å²) >= 11 is 0. The van der Waals surface area contributed by atoms with Crippen LogP contribution in [-0.4, -0.2) is 41.0 Å². The second-order valence-electron chi connectivity index (χ2n) is 8.49. The fourth-order valence-corrected chi connectivity index (χ4v) is 3.78. The quantitative estimate of drug-likeness (QED) is 0.326. The third-order valence-corrected chi connectivity index (χ3v) is 6.01. The molecule has 1 aliphatic carbocycles. The first kappa shape index (κ1) is 24.8. The Bertz CT molecular complexity index is 1540. The number of anilines is 2. The summed E-state index contributed by atoms with van der Waals surface area (Å²) in [5, 5.41) is 5.15. The lowest BCUT2D eigenvalue weighted by Gasteiger charge is -2.16. The molecule has 5 rings (SSSR count). The number of halogens is 2. The zero-order valence-electron chi connectivity index (χ0n) is 20.2. The lowest BCUT2D eigenvalue weighted by Crippen LogP contribution is -2.35. The van der Waals surface area contributed by atoms with Crippen LogP contribution < -0.4 is 24.8 Å². The average Bonchev–Trinajstić information content (AvgIpc) is 3.73. The smallest absolute Gasteiger partial charge is 0.257 e. The zero-order valence-corrected chi connectivity index (χ0v) is 20.2.